The van der Waals surface area contributed by atoms with E-state index in [2.05, 4.69) is 20.9 Å². The third-order valence-corrected chi connectivity index (χ3v) is 4.15. The Morgan fingerprint density at radius 3 is 2.85 bits per heavy atom. The van der Waals surface area contributed by atoms with Crippen LogP contribution in [0.4, 0.5) is 15.6 Å². The number of carbonyl (C=O) groups is 1. The molecular weight excluding hydrogens is 272 g/mol. The molecule has 3 N–H and O–H groups in total. The fourth-order valence-electron chi connectivity index (χ4n) is 2.08. The molecule has 1 aromatic heterocycles. The largest absolute Gasteiger partial charge is 0.325 e. The normalized spacial score (nSPS) is 13.7. The molecule has 2 aromatic rings. The van der Waals surface area contributed by atoms with Crippen LogP contribution >= 0.6 is 11.3 Å². The lowest BCUT2D eigenvalue weighted by molar-refractivity contribution is 0.262. The number of aryl methyl sites for hydroxylation is 1. The maximum absolute atomic E-state index is 11.9. The Balaban J connectivity index is 1.63. The first-order valence-corrected chi connectivity index (χ1v) is 7.36. The second kappa shape index (κ2) is 5.60. The van der Waals surface area contributed by atoms with E-state index in [1.165, 1.54) is 16.2 Å². The van der Waals surface area contributed by atoms with Gasteiger partial charge in [0.25, 0.3) is 0 Å². The molecule has 0 aliphatic carbocycles. The maximum atomic E-state index is 11.9. The van der Waals surface area contributed by atoms with Crippen molar-refractivity contribution < 1.29 is 4.79 Å². The average molecular weight is 288 g/mol. The molecule has 1 aliphatic heterocycles. The minimum atomic E-state index is -0.257. The summed E-state index contributed by atoms with van der Waals surface area (Å²) in [5.74, 6) is 0. The van der Waals surface area contributed by atoms with E-state index in [-0.39, 0.29) is 6.03 Å². The zero-order valence-electron chi connectivity index (χ0n) is 11.2. The Labute approximate surface area is 121 Å². The molecule has 2 heterocycles. The molecule has 2 amide bonds. The smallest absolute Gasteiger partial charge is 0.311 e. The standard InChI is InChI=1S/C14H16N4OS/c1-9-2-4-10(5-3-9)16-13(19)18-14-17-11-6-7-15-8-12(11)20-14/h2-5,15H,6-8H2,1H3,(H2,16,17,18,19). The summed E-state index contributed by atoms with van der Waals surface area (Å²) in [6.07, 6.45) is 0.924. The first-order chi connectivity index (χ1) is 9.70. The molecule has 0 atom stereocenters. The molecule has 20 heavy (non-hydrogen) atoms. The van der Waals surface area contributed by atoms with Crippen LogP contribution in [-0.2, 0) is 13.0 Å². The van der Waals surface area contributed by atoms with Crippen LogP contribution in [0.2, 0.25) is 0 Å². The molecule has 104 valence electrons. The number of rotatable bonds is 2. The zero-order chi connectivity index (χ0) is 13.9. The topological polar surface area (TPSA) is 66.0 Å². The zero-order valence-corrected chi connectivity index (χ0v) is 12.0. The van der Waals surface area contributed by atoms with Gasteiger partial charge in [-0.1, -0.05) is 17.7 Å². The highest BCUT2D eigenvalue weighted by Crippen LogP contribution is 2.25. The number of anilines is 2. The summed E-state index contributed by atoms with van der Waals surface area (Å²) in [6.45, 7) is 3.80. The molecule has 5 nitrogen and oxygen atoms in total. The number of aromatic nitrogens is 1. The molecule has 0 saturated carbocycles. The SMILES string of the molecule is Cc1ccc(NC(=O)Nc2nc3c(s2)CNCC3)cc1. The summed E-state index contributed by atoms with van der Waals surface area (Å²) in [6, 6.07) is 7.43. The summed E-state index contributed by atoms with van der Waals surface area (Å²) in [5, 5.41) is 9.54. The first kappa shape index (κ1) is 13.1. The molecule has 1 aromatic carbocycles. The van der Waals surface area contributed by atoms with Gasteiger partial charge < -0.3 is 10.6 Å². The van der Waals surface area contributed by atoms with Crippen LogP contribution in [0.25, 0.3) is 0 Å². The van der Waals surface area contributed by atoms with Crippen LogP contribution in [0.1, 0.15) is 16.1 Å². The fraction of sp³-hybridized carbons (Fsp3) is 0.286. The van der Waals surface area contributed by atoms with Gasteiger partial charge in [-0.2, -0.15) is 0 Å². The lowest BCUT2D eigenvalue weighted by Gasteiger charge is -2.09. The number of urea groups is 1. The second-order valence-electron chi connectivity index (χ2n) is 4.76. The summed E-state index contributed by atoms with van der Waals surface area (Å²) < 4.78 is 0. The number of fused-ring (bicyclic) bond motifs is 1. The number of nitrogens with zero attached hydrogens (tertiary/aromatic N) is 1. The number of nitrogens with one attached hydrogen (secondary N) is 3. The number of thiazole rings is 1. The summed E-state index contributed by atoms with van der Waals surface area (Å²) >= 11 is 1.53. The minimum Gasteiger partial charge on any atom is -0.311 e. The van der Waals surface area contributed by atoms with Crippen LogP contribution < -0.4 is 16.0 Å². The quantitative estimate of drug-likeness (QED) is 0.796. The van der Waals surface area contributed by atoms with Crippen molar-refractivity contribution in [1.82, 2.24) is 10.3 Å². The second-order valence-corrected chi connectivity index (χ2v) is 5.84. The average Bonchev–Trinajstić information content (AvgIpc) is 2.83. The Hall–Kier alpha value is -1.92. The Morgan fingerprint density at radius 1 is 1.30 bits per heavy atom. The highest BCUT2D eigenvalue weighted by molar-refractivity contribution is 7.15. The number of hydrogen-bond donors (Lipinski definition) is 3. The van der Waals surface area contributed by atoms with Gasteiger partial charge in [-0.25, -0.2) is 9.78 Å². The van der Waals surface area contributed by atoms with Gasteiger partial charge in [0.1, 0.15) is 0 Å². The molecule has 0 spiro atoms. The molecule has 3 rings (SSSR count). The minimum absolute atomic E-state index is 0.257. The van der Waals surface area contributed by atoms with Crippen molar-refractivity contribution in [3.05, 3.63) is 40.4 Å². The first-order valence-electron chi connectivity index (χ1n) is 6.55. The van der Waals surface area contributed by atoms with Gasteiger partial charge in [-0.15, -0.1) is 11.3 Å². The van der Waals surface area contributed by atoms with Crippen molar-refractivity contribution in [3.8, 4) is 0 Å². The lowest BCUT2D eigenvalue weighted by Crippen LogP contribution is -2.22. The Bertz CT molecular complexity index is 597. The third kappa shape index (κ3) is 2.97. The van der Waals surface area contributed by atoms with Crippen molar-refractivity contribution in [1.29, 1.82) is 0 Å². The molecule has 0 saturated heterocycles. The molecule has 0 unspecified atom stereocenters. The van der Waals surface area contributed by atoms with E-state index in [1.807, 2.05) is 31.2 Å². The molecular formula is C14H16N4OS. The number of hydrogen-bond acceptors (Lipinski definition) is 4. The molecule has 0 radical (unpaired) electrons. The van der Waals surface area contributed by atoms with Gasteiger partial charge in [0, 0.05) is 30.1 Å². The van der Waals surface area contributed by atoms with Crippen LogP contribution in [0, 0.1) is 6.92 Å². The van der Waals surface area contributed by atoms with E-state index in [1.54, 1.807) is 0 Å². The van der Waals surface area contributed by atoms with Crippen molar-refractivity contribution in [3.63, 3.8) is 0 Å². The highest BCUT2D eigenvalue weighted by Gasteiger charge is 2.15. The van der Waals surface area contributed by atoms with Crippen molar-refractivity contribution in [2.45, 2.75) is 19.9 Å². The molecule has 6 heteroatoms. The van der Waals surface area contributed by atoms with Crippen LogP contribution in [-0.4, -0.2) is 17.6 Å². The molecule has 1 aliphatic rings. The number of carbonyl (C=O) groups excluding carboxylic acids is 1. The van der Waals surface area contributed by atoms with Gasteiger partial charge in [-0.05, 0) is 19.1 Å². The summed E-state index contributed by atoms with van der Waals surface area (Å²) in [7, 11) is 0. The Morgan fingerprint density at radius 2 is 2.10 bits per heavy atom. The van der Waals surface area contributed by atoms with Gasteiger partial charge in [0.05, 0.1) is 5.69 Å². The number of benzene rings is 1. The van der Waals surface area contributed by atoms with Gasteiger partial charge in [0.2, 0.25) is 0 Å². The molecule has 0 bridgehead atoms. The number of amides is 2. The van der Waals surface area contributed by atoms with Crippen molar-refractivity contribution in [2.24, 2.45) is 0 Å². The highest BCUT2D eigenvalue weighted by atomic mass is 32.1. The van der Waals surface area contributed by atoms with E-state index in [4.69, 9.17) is 0 Å². The molecule has 0 fully saturated rings. The van der Waals surface area contributed by atoms with E-state index in [9.17, 15) is 4.79 Å². The predicted molar refractivity (Wildman–Crippen MR) is 81.3 cm³/mol. The van der Waals surface area contributed by atoms with Crippen molar-refractivity contribution in [2.75, 3.05) is 17.2 Å². The van der Waals surface area contributed by atoms with Crippen LogP contribution in [0.5, 0.6) is 0 Å². The van der Waals surface area contributed by atoms with Gasteiger partial charge in [-0.3, -0.25) is 5.32 Å². The summed E-state index contributed by atoms with van der Waals surface area (Å²) in [4.78, 5) is 17.6. The van der Waals surface area contributed by atoms with Gasteiger partial charge >= 0.3 is 6.03 Å². The Kier molecular flexibility index (Phi) is 3.66. The van der Waals surface area contributed by atoms with E-state index >= 15 is 0 Å². The van der Waals surface area contributed by atoms with E-state index < -0.39 is 0 Å². The maximum Gasteiger partial charge on any atom is 0.325 e. The van der Waals surface area contributed by atoms with E-state index in [0.717, 1.165) is 36.5 Å². The fourth-order valence-corrected chi connectivity index (χ4v) is 3.05. The van der Waals surface area contributed by atoms with Crippen molar-refractivity contribution >= 4 is 28.2 Å². The summed E-state index contributed by atoms with van der Waals surface area (Å²) in [5.41, 5.74) is 3.03. The van der Waals surface area contributed by atoms with E-state index in [0.29, 0.717) is 5.13 Å². The predicted octanol–water partition coefficient (Wildman–Crippen LogP) is 2.74. The van der Waals surface area contributed by atoms with Crippen LogP contribution in [0.15, 0.2) is 24.3 Å². The lowest BCUT2D eigenvalue weighted by atomic mass is 10.2. The monoisotopic (exact) mass is 288 g/mol. The third-order valence-electron chi connectivity index (χ3n) is 3.13. The van der Waals surface area contributed by atoms with Crippen LogP contribution in [0.3, 0.4) is 0 Å². The van der Waals surface area contributed by atoms with Gasteiger partial charge in [0.15, 0.2) is 5.13 Å².